The molecule has 280 valence electrons. The maximum Gasteiger partial charge on any atom is 0.408 e. The highest BCUT2D eigenvalue weighted by atomic mass is 16.6. The van der Waals surface area contributed by atoms with Gasteiger partial charge in [0, 0.05) is 11.1 Å². The largest absolute Gasteiger partial charge is 0.456 e. The van der Waals surface area contributed by atoms with E-state index in [4.69, 9.17) is 18.9 Å². The lowest BCUT2D eigenvalue weighted by molar-refractivity contribution is -0.146. The second kappa shape index (κ2) is 17.3. The molecule has 0 fully saturated rings. The number of alkyl carbamates (subject to hydrolysis) is 2. The van der Waals surface area contributed by atoms with E-state index in [-0.39, 0.29) is 11.8 Å². The molecule has 12 nitrogen and oxygen atoms in total. The van der Waals surface area contributed by atoms with Gasteiger partial charge in [-0.3, -0.25) is 9.59 Å². The predicted molar refractivity (Wildman–Crippen MR) is 196 cm³/mol. The number of ketones is 2. The molecule has 0 heterocycles. The topological polar surface area (TPSA) is 163 Å². The summed E-state index contributed by atoms with van der Waals surface area (Å²) in [5, 5.41) is 6.69. The zero-order valence-corrected chi connectivity index (χ0v) is 31.6. The van der Waals surface area contributed by atoms with Crippen molar-refractivity contribution in [1.82, 2.24) is 10.6 Å². The lowest BCUT2D eigenvalue weighted by atomic mass is 9.98. The van der Waals surface area contributed by atoms with Crippen LogP contribution in [0.2, 0.25) is 0 Å². The number of rotatable bonds is 13. The first kappa shape index (κ1) is 41.2. The number of amides is 2. The number of nitrogens with one attached hydrogen (secondary N) is 2. The Morgan fingerprint density at radius 3 is 1.37 bits per heavy atom. The summed E-state index contributed by atoms with van der Waals surface area (Å²) in [5.41, 5.74) is 0.940. The molecule has 0 spiro atoms. The third-order valence-corrected chi connectivity index (χ3v) is 7.58. The van der Waals surface area contributed by atoms with Gasteiger partial charge in [-0.1, -0.05) is 76.2 Å². The minimum absolute atomic E-state index is 0.299. The number of carbonyl (C=O) groups excluding carboxylic acids is 6. The molecule has 3 aromatic carbocycles. The van der Waals surface area contributed by atoms with Crippen molar-refractivity contribution in [2.45, 2.75) is 92.5 Å². The Hall–Kier alpha value is -5.26. The van der Waals surface area contributed by atoms with Gasteiger partial charge >= 0.3 is 24.1 Å². The maximum atomic E-state index is 12.9. The van der Waals surface area contributed by atoms with Crippen LogP contribution in [0.15, 0.2) is 60.7 Å². The van der Waals surface area contributed by atoms with Gasteiger partial charge in [0.1, 0.15) is 23.3 Å². The highest BCUT2D eigenvalue weighted by molar-refractivity contribution is 6.02. The molecule has 0 aliphatic rings. The summed E-state index contributed by atoms with van der Waals surface area (Å²) in [4.78, 5) is 75.6. The summed E-state index contributed by atoms with van der Waals surface area (Å²) in [6, 6.07) is 15.7. The molecule has 12 heteroatoms. The summed E-state index contributed by atoms with van der Waals surface area (Å²) >= 11 is 0. The summed E-state index contributed by atoms with van der Waals surface area (Å²) in [6.07, 6.45) is -1.50. The van der Waals surface area contributed by atoms with Crippen LogP contribution in [0.5, 0.6) is 0 Å². The molecule has 0 aliphatic heterocycles. The molecule has 3 aromatic rings. The van der Waals surface area contributed by atoms with Crippen LogP contribution in [0.25, 0.3) is 21.9 Å². The standard InChI is InChI=1S/C40H50N2O10/c1-23(2)33(41-37(47)51-39(5,6)7)35(45)49-21-31(43)26-13-11-25(12-14-26)27-15-16-29-20-30(18-17-28(29)19-27)32(44)22-50-36(46)34(24(3)4)42-38(48)52-40(8,9)10/h11-20,23-24,33-34H,21-22H2,1-10H3,(H,41,47)(H,42,48)/t33-,34-/m0/s1. The van der Waals surface area contributed by atoms with Crippen LogP contribution < -0.4 is 10.6 Å². The van der Waals surface area contributed by atoms with Gasteiger partial charge in [0.05, 0.1) is 0 Å². The van der Waals surface area contributed by atoms with Crippen LogP contribution in [0.3, 0.4) is 0 Å². The summed E-state index contributed by atoms with van der Waals surface area (Å²) in [7, 11) is 0. The zero-order chi connectivity index (χ0) is 39.0. The average molecular weight is 719 g/mol. The fraction of sp³-hybridized carbons (Fsp3) is 0.450. The molecule has 2 amide bonds. The predicted octanol–water partition coefficient (Wildman–Crippen LogP) is 7.06. The van der Waals surface area contributed by atoms with Crippen molar-refractivity contribution in [2.24, 2.45) is 11.8 Å². The smallest absolute Gasteiger partial charge is 0.408 e. The Balaban J connectivity index is 1.60. The minimum atomic E-state index is -0.986. The van der Waals surface area contributed by atoms with Gasteiger partial charge in [-0.25, -0.2) is 19.2 Å². The summed E-state index contributed by atoms with van der Waals surface area (Å²) < 4.78 is 21.0. The van der Waals surface area contributed by atoms with Crippen LogP contribution in [-0.4, -0.2) is 72.2 Å². The van der Waals surface area contributed by atoms with Crippen molar-refractivity contribution in [2.75, 3.05) is 13.2 Å². The number of benzene rings is 3. The number of fused-ring (bicyclic) bond motifs is 1. The van der Waals surface area contributed by atoms with E-state index in [2.05, 4.69) is 10.6 Å². The van der Waals surface area contributed by atoms with Crippen LogP contribution >= 0.6 is 0 Å². The van der Waals surface area contributed by atoms with Gasteiger partial charge in [0.2, 0.25) is 0 Å². The van der Waals surface area contributed by atoms with E-state index < -0.39 is 72.2 Å². The van der Waals surface area contributed by atoms with Crippen LogP contribution in [0.4, 0.5) is 9.59 Å². The normalized spacial score (nSPS) is 12.8. The van der Waals surface area contributed by atoms with Gasteiger partial charge in [-0.2, -0.15) is 0 Å². The van der Waals surface area contributed by atoms with Crippen LogP contribution in [0.1, 0.15) is 90.0 Å². The van der Waals surface area contributed by atoms with Crippen LogP contribution in [0, 0.1) is 11.8 Å². The molecule has 0 bridgehead atoms. The van der Waals surface area contributed by atoms with Crippen molar-refractivity contribution < 1.29 is 47.7 Å². The SMILES string of the molecule is CC(C)[C@H](NC(=O)OC(C)(C)C)C(=O)OCC(=O)c1ccc(-c2ccc3cc(C(=O)COC(=O)[C@@H](NC(=O)OC(C)(C)C)C(C)C)ccc3c2)cc1. The van der Waals surface area contributed by atoms with Crippen LogP contribution in [-0.2, 0) is 28.5 Å². The second-order valence-electron chi connectivity index (χ2n) is 15.2. The third kappa shape index (κ3) is 12.5. The Bertz CT molecular complexity index is 1780. The molecule has 0 aromatic heterocycles. The van der Waals surface area contributed by atoms with Crippen molar-refractivity contribution in [3.8, 4) is 11.1 Å². The Labute approximate surface area is 304 Å². The zero-order valence-electron chi connectivity index (χ0n) is 31.6. The van der Waals surface area contributed by atoms with Gasteiger partial charge in [-0.05, 0) is 87.4 Å². The molecule has 2 atom stereocenters. The molecule has 0 aliphatic carbocycles. The number of carbonyl (C=O) groups is 6. The van der Waals surface area contributed by atoms with E-state index in [0.29, 0.717) is 11.1 Å². The number of esters is 2. The van der Waals surface area contributed by atoms with Gasteiger partial charge < -0.3 is 29.6 Å². The minimum Gasteiger partial charge on any atom is -0.456 e. The Morgan fingerprint density at radius 1 is 0.538 bits per heavy atom. The fourth-order valence-electron chi connectivity index (χ4n) is 4.93. The number of hydrogen-bond donors (Lipinski definition) is 2. The number of Topliss-reactive ketones (excluding diaryl/α,β-unsaturated/α-hetero) is 2. The molecule has 0 unspecified atom stereocenters. The molecule has 52 heavy (non-hydrogen) atoms. The summed E-state index contributed by atoms with van der Waals surface area (Å²) in [5.74, 6) is -2.87. The third-order valence-electron chi connectivity index (χ3n) is 7.58. The van der Waals surface area contributed by atoms with Crippen molar-refractivity contribution in [3.05, 3.63) is 71.8 Å². The lowest BCUT2D eigenvalue weighted by Crippen LogP contribution is -2.47. The van der Waals surface area contributed by atoms with Crippen molar-refractivity contribution in [1.29, 1.82) is 0 Å². The Morgan fingerprint density at radius 2 is 0.923 bits per heavy atom. The number of hydrogen-bond acceptors (Lipinski definition) is 10. The monoisotopic (exact) mass is 718 g/mol. The van der Waals surface area contributed by atoms with Crippen molar-refractivity contribution in [3.63, 3.8) is 0 Å². The fourth-order valence-corrected chi connectivity index (χ4v) is 4.93. The second-order valence-corrected chi connectivity index (χ2v) is 15.2. The quantitative estimate of drug-likeness (QED) is 0.106. The summed E-state index contributed by atoms with van der Waals surface area (Å²) in [6.45, 7) is 16.3. The first-order valence-electron chi connectivity index (χ1n) is 17.2. The average Bonchev–Trinajstić information content (AvgIpc) is 3.04. The molecular weight excluding hydrogens is 668 g/mol. The van der Waals surface area contributed by atoms with E-state index in [9.17, 15) is 28.8 Å². The van der Waals surface area contributed by atoms with E-state index in [1.54, 1.807) is 112 Å². The van der Waals surface area contributed by atoms with Gasteiger partial charge in [-0.15, -0.1) is 0 Å². The van der Waals surface area contributed by atoms with E-state index in [0.717, 1.165) is 21.9 Å². The van der Waals surface area contributed by atoms with Crippen molar-refractivity contribution >= 4 is 46.5 Å². The van der Waals surface area contributed by atoms with Gasteiger partial charge in [0.15, 0.2) is 24.8 Å². The highest BCUT2D eigenvalue weighted by Gasteiger charge is 2.30. The molecule has 3 rings (SSSR count). The molecule has 2 N–H and O–H groups in total. The van der Waals surface area contributed by atoms with E-state index >= 15 is 0 Å². The lowest BCUT2D eigenvalue weighted by Gasteiger charge is -2.24. The molecular formula is C40H50N2O10. The first-order valence-corrected chi connectivity index (χ1v) is 17.2. The van der Waals surface area contributed by atoms with E-state index in [1.807, 2.05) is 18.2 Å². The molecule has 0 saturated carbocycles. The first-order chi connectivity index (χ1) is 24.1. The Kier molecular flexibility index (Phi) is 13.7. The number of ether oxygens (including phenoxy) is 4. The highest BCUT2D eigenvalue weighted by Crippen LogP contribution is 2.26. The van der Waals surface area contributed by atoms with E-state index in [1.165, 1.54) is 0 Å². The maximum absolute atomic E-state index is 12.9. The van der Waals surface area contributed by atoms with Gasteiger partial charge in [0.25, 0.3) is 0 Å². The molecule has 0 radical (unpaired) electrons. The molecule has 0 saturated heterocycles.